The molecule has 0 saturated heterocycles. The number of nitrogens with two attached hydrogens (primary N) is 1. The maximum atomic E-state index is 6.32. The molecule has 0 aromatic heterocycles. The molecule has 0 radical (unpaired) electrons. The molecule has 0 spiro atoms. The molecule has 1 heterocycles. The SMILES string of the molecule is NNC(c1ccc2c(c1)CCO2)c1ccc(Br)cc1Cl. The predicted octanol–water partition coefficient (Wildman–Crippen LogP) is 3.59. The lowest BCUT2D eigenvalue weighted by atomic mass is 9.97. The van der Waals surface area contributed by atoms with Gasteiger partial charge in [0, 0.05) is 15.9 Å². The molecule has 0 bridgehead atoms. The fourth-order valence-corrected chi connectivity index (χ4v) is 3.27. The largest absolute Gasteiger partial charge is 0.493 e. The Morgan fingerprint density at radius 2 is 2.10 bits per heavy atom. The normalized spacial score (nSPS) is 14.8. The van der Waals surface area contributed by atoms with E-state index in [0.717, 1.165) is 34.4 Å². The Kier molecular flexibility index (Phi) is 3.98. The Balaban J connectivity index is 2.01. The van der Waals surface area contributed by atoms with Gasteiger partial charge in [-0.25, -0.2) is 5.43 Å². The zero-order valence-electron chi connectivity index (χ0n) is 10.7. The van der Waals surface area contributed by atoms with Crippen molar-refractivity contribution < 1.29 is 4.74 Å². The van der Waals surface area contributed by atoms with E-state index in [1.807, 2.05) is 30.3 Å². The molecule has 0 aliphatic carbocycles. The third-order valence-corrected chi connectivity index (χ3v) is 4.31. The highest BCUT2D eigenvalue weighted by Crippen LogP contribution is 2.33. The van der Waals surface area contributed by atoms with Crippen LogP contribution in [0.25, 0.3) is 0 Å². The summed E-state index contributed by atoms with van der Waals surface area (Å²) in [6.07, 6.45) is 0.939. The minimum atomic E-state index is -0.138. The molecule has 1 aliphatic heterocycles. The van der Waals surface area contributed by atoms with Crippen molar-refractivity contribution in [2.45, 2.75) is 12.5 Å². The molecule has 20 heavy (non-hydrogen) atoms. The standard InChI is InChI=1S/C15H14BrClN2O/c16-11-2-3-12(13(17)8-11)15(19-18)10-1-4-14-9(7-10)5-6-20-14/h1-4,7-8,15,19H,5-6,18H2. The molecule has 0 saturated carbocycles. The topological polar surface area (TPSA) is 47.3 Å². The van der Waals surface area contributed by atoms with Gasteiger partial charge in [-0.1, -0.05) is 45.7 Å². The third kappa shape index (κ3) is 2.56. The van der Waals surface area contributed by atoms with E-state index in [2.05, 4.69) is 27.4 Å². The van der Waals surface area contributed by atoms with Crippen molar-refractivity contribution in [1.82, 2.24) is 5.43 Å². The highest BCUT2D eigenvalue weighted by molar-refractivity contribution is 9.10. The molecule has 3 nitrogen and oxygen atoms in total. The number of halogens is 2. The number of hydrazine groups is 1. The van der Waals surface area contributed by atoms with Crippen LogP contribution in [0.1, 0.15) is 22.7 Å². The summed E-state index contributed by atoms with van der Waals surface area (Å²) in [6, 6.07) is 11.8. The van der Waals surface area contributed by atoms with Gasteiger partial charge < -0.3 is 4.74 Å². The smallest absolute Gasteiger partial charge is 0.122 e. The highest BCUT2D eigenvalue weighted by Gasteiger charge is 2.19. The maximum absolute atomic E-state index is 6.32. The Morgan fingerprint density at radius 1 is 1.25 bits per heavy atom. The van der Waals surface area contributed by atoms with Crippen molar-refractivity contribution in [2.75, 3.05) is 6.61 Å². The van der Waals surface area contributed by atoms with Gasteiger partial charge in [-0.3, -0.25) is 5.84 Å². The summed E-state index contributed by atoms with van der Waals surface area (Å²) < 4.78 is 6.48. The summed E-state index contributed by atoms with van der Waals surface area (Å²) in [5, 5.41) is 0.680. The first-order chi connectivity index (χ1) is 9.69. The molecule has 3 N–H and O–H groups in total. The number of fused-ring (bicyclic) bond motifs is 1. The first-order valence-electron chi connectivity index (χ1n) is 6.36. The maximum Gasteiger partial charge on any atom is 0.122 e. The molecule has 1 aliphatic rings. The number of hydrogen-bond acceptors (Lipinski definition) is 3. The van der Waals surface area contributed by atoms with Gasteiger partial charge in [0.1, 0.15) is 5.75 Å². The van der Waals surface area contributed by atoms with E-state index in [1.165, 1.54) is 5.56 Å². The molecular formula is C15H14BrClN2O. The average Bonchev–Trinajstić information content (AvgIpc) is 2.89. The quantitative estimate of drug-likeness (QED) is 0.655. The zero-order valence-corrected chi connectivity index (χ0v) is 13.0. The second-order valence-corrected chi connectivity index (χ2v) is 6.05. The van der Waals surface area contributed by atoms with Crippen molar-refractivity contribution in [2.24, 2.45) is 5.84 Å². The summed E-state index contributed by atoms with van der Waals surface area (Å²) >= 11 is 9.73. The van der Waals surface area contributed by atoms with Crippen molar-refractivity contribution in [1.29, 1.82) is 0 Å². The van der Waals surface area contributed by atoms with Gasteiger partial charge in [0.2, 0.25) is 0 Å². The first kappa shape index (κ1) is 13.9. The van der Waals surface area contributed by atoms with Crippen molar-refractivity contribution >= 4 is 27.5 Å². The number of hydrogen-bond donors (Lipinski definition) is 2. The van der Waals surface area contributed by atoms with Gasteiger partial charge in [-0.2, -0.15) is 0 Å². The Bertz CT molecular complexity index is 648. The van der Waals surface area contributed by atoms with E-state index in [9.17, 15) is 0 Å². The molecule has 5 heteroatoms. The molecule has 0 amide bonds. The molecule has 1 atom stereocenters. The molecular weight excluding hydrogens is 340 g/mol. The van der Waals surface area contributed by atoms with Crippen LogP contribution < -0.4 is 16.0 Å². The monoisotopic (exact) mass is 352 g/mol. The van der Waals surface area contributed by atoms with Crippen LogP contribution in [0.3, 0.4) is 0 Å². The van der Waals surface area contributed by atoms with Gasteiger partial charge in [0.05, 0.1) is 12.6 Å². The molecule has 2 aromatic rings. The Hall–Kier alpha value is -1.07. The first-order valence-corrected chi connectivity index (χ1v) is 7.53. The summed E-state index contributed by atoms with van der Waals surface area (Å²) in [5.74, 6) is 6.70. The summed E-state index contributed by atoms with van der Waals surface area (Å²) in [5.41, 5.74) is 6.10. The second kappa shape index (κ2) is 5.74. The fourth-order valence-electron chi connectivity index (χ4n) is 2.49. The van der Waals surface area contributed by atoms with Crippen LogP contribution in [0.5, 0.6) is 5.75 Å². The van der Waals surface area contributed by atoms with Gasteiger partial charge >= 0.3 is 0 Å². The van der Waals surface area contributed by atoms with E-state index < -0.39 is 0 Å². The number of benzene rings is 2. The van der Waals surface area contributed by atoms with Crippen LogP contribution in [-0.2, 0) is 6.42 Å². The lowest BCUT2D eigenvalue weighted by Gasteiger charge is -2.19. The molecule has 2 aromatic carbocycles. The van der Waals surface area contributed by atoms with Crippen LogP contribution in [0.4, 0.5) is 0 Å². The van der Waals surface area contributed by atoms with E-state index in [0.29, 0.717) is 5.02 Å². The summed E-state index contributed by atoms with van der Waals surface area (Å²) in [7, 11) is 0. The van der Waals surface area contributed by atoms with Crippen LogP contribution in [-0.4, -0.2) is 6.61 Å². The summed E-state index contributed by atoms with van der Waals surface area (Å²) in [4.78, 5) is 0. The molecule has 104 valence electrons. The third-order valence-electron chi connectivity index (χ3n) is 3.49. The second-order valence-electron chi connectivity index (χ2n) is 4.73. The van der Waals surface area contributed by atoms with E-state index in [-0.39, 0.29) is 6.04 Å². The van der Waals surface area contributed by atoms with Crippen LogP contribution >= 0.6 is 27.5 Å². The van der Waals surface area contributed by atoms with E-state index in [1.54, 1.807) is 0 Å². The molecule has 1 unspecified atom stereocenters. The minimum absolute atomic E-state index is 0.138. The number of ether oxygens (including phenoxy) is 1. The van der Waals surface area contributed by atoms with Gasteiger partial charge in [0.15, 0.2) is 0 Å². The molecule has 0 fully saturated rings. The van der Waals surface area contributed by atoms with Gasteiger partial charge in [-0.15, -0.1) is 0 Å². The molecule has 3 rings (SSSR count). The van der Waals surface area contributed by atoms with E-state index in [4.69, 9.17) is 22.2 Å². The lowest BCUT2D eigenvalue weighted by molar-refractivity contribution is 0.357. The van der Waals surface area contributed by atoms with Gasteiger partial charge in [-0.05, 0) is 34.9 Å². The minimum Gasteiger partial charge on any atom is -0.493 e. The zero-order chi connectivity index (χ0) is 14.1. The summed E-state index contributed by atoms with van der Waals surface area (Å²) in [6.45, 7) is 0.749. The van der Waals surface area contributed by atoms with Crippen molar-refractivity contribution in [3.8, 4) is 5.75 Å². The lowest BCUT2D eigenvalue weighted by Crippen LogP contribution is -2.29. The average molecular weight is 354 g/mol. The number of nitrogens with one attached hydrogen (secondary N) is 1. The van der Waals surface area contributed by atoms with E-state index >= 15 is 0 Å². The highest BCUT2D eigenvalue weighted by atomic mass is 79.9. The predicted molar refractivity (Wildman–Crippen MR) is 84.0 cm³/mol. The van der Waals surface area contributed by atoms with Crippen LogP contribution in [0, 0.1) is 0 Å². The van der Waals surface area contributed by atoms with Crippen molar-refractivity contribution in [3.05, 3.63) is 62.6 Å². The Labute approximate surface area is 131 Å². The number of rotatable bonds is 3. The van der Waals surface area contributed by atoms with Gasteiger partial charge in [0.25, 0.3) is 0 Å². The Morgan fingerprint density at radius 3 is 2.85 bits per heavy atom. The van der Waals surface area contributed by atoms with Crippen LogP contribution in [0.15, 0.2) is 40.9 Å². The van der Waals surface area contributed by atoms with Crippen molar-refractivity contribution in [3.63, 3.8) is 0 Å². The fraction of sp³-hybridized carbons (Fsp3) is 0.200. The van der Waals surface area contributed by atoms with Crippen LogP contribution in [0.2, 0.25) is 5.02 Å².